The molecule has 0 heterocycles. The van der Waals surface area contributed by atoms with Crippen LogP contribution in [-0.2, 0) is 4.79 Å². The van der Waals surface area contributed by atoms with Crippen molar-refractivity contribution in [3.05, 3.63) is 12.2 Å². The summed E-state index contributed by atoms with van der Waals surface area (Å²) in [5.41, 5.74) is 0. The van der Waals surface area contributed by atoms with Crippen LogP contribution in [0, 0.1) is 17.8 Å². The molecular weight excluding hydrogens is 188 g/mol. The molecule has 2 aliphatic carbocycles. The van der Waals surface area contributed by atoms with Gasteiger partial charge in [-0.2, -0.15) is 0 Å². The van der Waals surface area contributed by atoms with E-state index in [0.29, 0.717) is 0 Å². The van der Waals surface area contributed by atoms with Crippen LogP contribution in [0.3, 0.4) is 0 Å². The van der Waals surface area contributed by atoms with Crippen LogP contribution in [0.25, 0.3) is 0 Å². The molecule has 0 aromatic heterocycles. The van der Waals surface area contributed by atoms with E-state index in [9.17, 15) is 4.79 Å². The number of carboxylic acid groups (broad SMARTS) is 1. The van der Waals surface area contributed by atoms with E-state index in [0.717, 1.165) is 24.7 Å². The Hall–Kier alpha value is -0.790. The van der Waals surface area contributed by atoms with Crippen molar-refractivity contribution >= 4 is 5.97 Å². The Morgan fingerprint density at radius 3 is 2.07 bits per heavy atom. The minimum Gasteiger partial charge on any atom is -0.481 e. The zero-order chi connectivity index (χ0) is 11.3. The van der Waals surface area contributed by atoms with Crippen LogP contribution < -0.4 is 0 Å². The molecule has 2 bridgehead atoms. The molecule has 0 amide bonds. The lowest BCUT2D eigenvalue weighted by Gasteiger charge is -2.00. The average molecular weight is 210 g/mol. The van der Waals surface area contributed by atoms with Gasteiger partial charge in [-0.25, -0.2) is 0 Å². The third kappa shape index (κ3) is 4.06. The summed E-state index contributed by atoms with van der Waals surface area (Å²) in [5.74, 6) is 1.13. The fourth-order valence-corrected chi connectivity index (χ4v) is 2.27. The van der Waals surface area contributed by atoms with Crippen LogP contribution in [0.2, 0.25) is 0 Å². The lowest BCUT2D eigenvalue weighted by Crippen LogP contribution is -2.08. The van der Waals surface area contributed by atoms with Crippen LogP contribution in [-0.4, -0.2) is 11.1 Å². The third-order valence-electron chi connectivity index (χ3n) is 3.31. The van der Waals surface area contributed by atoms with Gasteiger partial charge in [0.05, 0.1) is 5.92 Å². The van der Waals surface area contributed by atoms with E-state index in [-0.39, 0.29) is 5.92 Å². The van der Waals surface area contributed by atoms with E-state index in [1.54, 1.807) is 6.92 Å². The smallest absolute Gasteiger partial charge is 0.306 e. The second kappa shape index (κ2) is 5.94. The highest BCUT2D eigenvalue weighted by Crippen LogP contribution is 2.38. The molecule has 2 heteroatoms. The fraction of sp³-hybridized carbons (Fsp3) is 0.769. The summed E-state index contributed by atoms with van der Waals surface area (Å²) < 4.78 is 0. The maximum absolute atomic E-state index is 10.1. The van der Waals surface area contributed by atoms with Gasteiger partial charge < -0.3 is 5.11 Å². The van der Waals surface area contributed by atoms with Crippen molar-refractivity contribution in [1.82, 2.24) is 0 Å². The molecule has 0 spiro atoms. The zero-order valence-corrected chi connectivity index (χ0v) is 9.78. The Kier molecular flexibility index (Phi) is 4.86. The molecule has 3 atom stereocenters. The highest BCUT2D eigenvalue weighted by atomic mass is 16.4. The minimum absolute atomic E-state index is 0.167. The molecule has 2 nitrogen and oxygen atoms in total. The molecule has 0 radical (unpaired) electrons. The van der Waals surface area contributed by atoms with E-state index >= 15 is 0 Å². The first-order chi connectivity index (χ1) is 7.13. The molecule has 0 aromatic carbocycles. The van der Waals surface area contributed by atoms with Crippen molar-refractivity contribution in [2.45, 2.75) is 46.0 Å². The van der Waals surface area contributed by atoms with Crippen LogP contribution in [0.4, 0.5) is 0 Å². The molecule has 0 aliphatic heterocycles. The Morgan fingerprint density at radius 1 is 1.40 bits per heavy atom. The molecule has 1 saturated carbocycles. The lowest BCUT2D eigenvalue weighted by atomic mass is 10.1. The highest BCUT2D eigenvalue weighted by Gasteiger charge is 2.25. The first-order valence-corrected chi connectivity index (χ1v) is 6.04. The van der Waals surface area contributed by atoms with Gasteiger partial charge in [0.1, 0.15) is 0 Å². The maximum atomic E-state index is 10.1. The predicted molar refractivity (Wildman–Crippen MR) is 61.7 cm³/mol. The standard InChI is InChI=1S/C7H10.C6H12O2/c1-2-7-4-3-6(1)5-7;1-3-4-5(2)6(7)8/h1-2,6-7H,3-5H2;5H,3-4H2,1-2H3,(H,7,8). The third-order valence-corrected chi connectivity index (χ3v) is 3.31. The van der Waals surface area contributed by atoms with Crippen molar-refractivity contribution in [1.29, 1.82) is 0 Å². The number of carbonyl (C=O) groups is 1. The van der Waals surface area contributed by atoms with Gasteiger partial charge in [-0.3, -0.25) is 4.79 Å². The van der Waals surface area contributed by atoms with Gasteiger partial charge in [0.15, 0.2) is 0 Å². The molecule has 15 heavy (non-hydrogen) atoms. The van der Waals surface area contributed by atoms with Gasteiger partial charge in [-0.05, 0) is 37.5 Å². The number of fused-ring (bicyclic) bond motifs is 2. The SMILES string of the molecule is C1=CC2CCC1C2.CCCC(C)C(=O)O. The first kappa shape index (κ1) is 12.3. The highest BCUT2D eigenvalue weighted by molar-refractivity contribution is 5.69. The van der Waals surface area contributed by atoms with E-state index in [1.807, 2.05) is 6.92 Å². The van der Waals surface area contributed by atoms with Gasteiger partial charge in [-0.1, -0.05) is 32.4 Å². The molecule has 3 unspecified atom stereocenters. The number of carboxylic acids is 1. The van der Waals surface area contributed by atoms with Crippen molar-refractivity contribution in [2.75, 3.05) is 0 Å². The van der Waals surface area contributed by atoms with Gasteiger partial charge in [-0.15, -0.1) is 0 Å². The second-order valence-electron chi connectivity index (χ2n) is 4.75. The number of rotatable bonds is 3. The quantitative estimate of drug-likeness (QED) is 0.724. The van der Waals surface area contributed by atoms with E-state index < -0.39 is 5.97 Å². The number of hydrogen-bond acceptors (Lipinski definition) is 1. The summed E-state index contributed by atoms with van der Waals surface area (Å²) in [6, 6.07) is 0. The number of aliphatic carboxylic acids is 1. The molecule has 2 rings (SSSR count). The van der Waals surface area contributed by atoms with Gasteiger partial charge in [0.2, 0.25) is 0 Å². The van der Waals surface area contributed by atoms with E-state index in [1.165, 1.54) is 19.3 Å². The normalized spacial score (nSPS) is 28.4. The predicted octanol–water partition coefficient (Wildman–Crippen LogP) is 3.48. The molecule has 0 saturated heterocycles. The average Bonchev–Trinajstić information content (AvgIpc) is 2.82. The summed E-state index contributed by atoms with van der Waals surface area (Å²) in [5, 5.41) is 8.31. The largest absolute Gasteiger partial charge is 0.481 e. The van der Waals surface area contributed by atoms with Crippen LogP contribution >= 0.6 is 0 Å². The molecular formula is C13H22O2. The van der Waals surface area contributed by atoms with Crippen LogP contribution in [0.5, 0.6) is 0 Å². The fourth-order valence-electron chi connectivity index (χ4n) is 2.27. The first-order valence-electron chi connectivity index (χ1n) is 6.04. The molecule has 0 aromatic rings. The molecule has 86 valence electrons. The maximum Gasteiger partial charge on any atom is 0.306 e. The van der Waals surface area contributed by atoms with Gasteiger partial charge >= 0.3 is 5.97 Å². The lowest BCUT2D eigenvalue weighted by molar-refractivity contribution is -0.141. The summed E-state index contributed by atoms with van der Waals surface area (Å²) in [6.45, 7) is 3.71. The Labute approximate surface area is 92.4 Å². The topological polar surface area (TPSA) is 37.3 Å². The van der Waals surface area contributed by atoms with Gasteiger partial charge in [0, 0.05) is 0 Å². The van der Waals surface area contributed by atoms with Crippen molar-refractivity contribution < 1.29 is 9.90 Å². The number of allylic oxidation sites excluding steroid dienone is 2. The Bertz CT molecular complexity index is 221. The van der Waals surface area contributed by atoms with Gasteiger partial charge in [0.25, 0.3) is 0 Å². The zero-order valence-electron chi connectivity index (χ0n) is 9.78. The monoisotopic (exact) mass is 210 g/mol. The Morgan fingerprint density at radius 2 is 1.93 bits per heavy atom. The van der Waals surface area contributed by atoms with Crippen molar-refractivity contribution in [3.63, 3.8) is 0 Å². The summed E-state index contributed by atoms with van der Waals surface area (Å²) in [6.07, 6.45) is 10.9. The molecule has 1 N–H and O–H groups in total. The summed E-state index contributed by atoms with van der Waals surface area (Å²) >= 11 is 0. The minimum atomic E-state index is -0.688. The van der Waals surface area contributed by atoms with Crippen LogP contribution in [0.15, 0.2) is 12.2 Å². The Balaban J connectivity index is 0.000000150. The van der Waals surface area contributed by atoms with Crippen molar-refractivity contribution in [3.8, 4) is 0 Å². The molecule has 2 aliphatic rings. The van der Waals surface area contributed by atoms with E-state index in [2.05, 4.69) is 12.2 Å². The number of hydrogen-bond donors (Lipinski definition) is 1. The van der Waals surface area contributed by atoms with Crippen molar-refractivity contribution in [2.24, 2.45) is 17.8 Å². The van der Waals surface area contributed by atoms with Crippen LogP contribution in [0.1, 0.15) is 46.0 Å². The summed E-state index contributed by atoms with van der Waals surface area (Å²) in [7, 11) is 0. The second-order valence-corrected chi connectivity index (χ2v) is 4.75. The summed E-state index contributed by atoms with van der Waals surface area (Å²) in [4.78, 5) is 10.1. The van der Waals surface area contributed by atoms with E-state index in [4.69, 9.17) is 5.11 Å². The molecule has 1 fully saturated rings.